The van der Waals surface area contributed by atoms with Crippen LogP contribution in [0.15, 0.2) is 48.6 Å². The van der Waals surface area contributed by atoms with Gasteiger partial charge in [-0.25, -0.2) is 8.42 Å². The minimum Gasteiger partial charge on any atom is -0.278 e. The highest BCUT2D eigenvalue weighted by molar-refractivity contribution is 9.11. The van der Waals surface area contributed by atoms with Crippen LogP contribution in [-0.4, -0.2) is 8.42 Å². The van der Waals surface area contributed by atoms with Crippen molar-refractivity contribution in [2.45, 2.75) is 11.8 Å². The molecule has 0 saturated heterocycles. The largest absolute Gasteiger partial charge is 0.278 e. The lowest BCUT2D eigenvalue weighted by molar-refractivity contribution is 0.600. The first-order valence-electron chi connectivity index (χ1n) is 5.64. The molecule has 21 heavy (non-hydrogen) atoms. The Balaban J connectivity index is 2.47. The van der Waals surface area contributed by atoms with Gasteiger partial charge in [0.1, 0.15) is 4.90 Å². The maximum Gasteiger partial charge on any atom is 0.263 e. The molecular formula is C13H9Br3ClNO2S. The highest BCUT2D eigenvalue weighted by Gasteiger charge is 2.19. The molecule has 2 aromatic rings. The fourth-order valence-electron chi connectivity index (χ4n) is 1.61. The number of benzene rings is 2. The smallest absolute Gasteiger partial charge is 0.263 e. The van der Waals surface area contributed by atoms with Crippen LogP contribution in [0.25, 0.3) is 0 Å². The molecule has 0 bridgehead atoms. The highest BCUT2D eigenvalue weighted by atomic mass is 79.9. The van der Waals surface area contributed by atoms with Gasteiger partial charge in [0.2, 0.25) is 0 Å². The van der Waals surface area contributed by atoms with E-state index in [9.17, 15) is 8.42 Å². The van der Waals surface area contributed by atoms with Gasteiger partial charge < -0.3 is 0 Å². The molecule has 2 rings (SSSR count). The van der Waals surface area contributed by atoms with Crippen LogP contribution in [0.1, 0.15) is 5.56 Å². The van der Waals surface area contributed by atoms with Crippen LogP contribution >= 0.6 is 59.4 Å². The lowest BCUT2D eigenvalue weighted by atomic mass is 10.2. The summed E-state index contributed by atoms with van der Waals surface area (Å²) in [7, 11) is -3.73. The predicted octanol–water partition coefficient (Wildman–Crippen LogP) is 5.74. The van der Waals surface area contributed by atoms with Crippen molar-refractivity contribution in [1.82, 2.24) is 0 Å². The van der Waals surface area contributed by atoms with Gasteiger partial charge in [-0.3, -0.25) is 4.72 Å². The molecule has 112 valence electrons. The van der Waals surface area contributed by atoms with Gasteiger partial charge in [-0.15, -0.1) is 0 Å². The van der Waals surface area contributed by atoms with Gasteiger partial charge in [0.15, 0.2) is 0 Å². The van der Waals surface area contributed by atoms with E-state index < -0.39 is 10.0 Å². The van der Waals surface area contributed by atoms with Crippen molar-refractivity contribution in [3.8, 4) is 0 Å². The number of nitrogens with one attached hydrogen (secondary N) is 1. The number of hydrogen-bond donors (Lipinski definition) is 1. The molecule has 1 N–H and O–H groups in total. The first-order chi connectivity index (χ1) is 9.70. The summed E-state index contributed by atoms with van der Waals surface area (Å²) in [6.45, 7) is 1.84. The Bertz CT molecular complexity index is 809. The van der Waals surface area contributed by atoms with E-state index in [1.165, 1.54) is 6.07 Å². The second kappa shape index (κ2) is 6.58. The average molecular weight is 518 g/mol. The zero-order chi connectivity index (χ0) is 15.8. The Morgan fingerprint density at radius 3 is 2.38 bits per heavy atom. The third-order valence-electron chi connectivity index (χ3n) is 2.68. The maximum atomic E-state index is 12.5. The van der Waals surface area contributed by atoms with E-state index in [0.29, 0.717) is 24.1 Å². The van der Waals surface area contributed by atoms with Crippen LogP contribution in [0.2, 0.25) is 5.02 Å². The lowest BCUT2D eigenvalue weighted by Crippen LogP contribution is -2.14. The molecule has 0 radical (unpaired) electrons. The van der Waals surface area contributed by atoms with E-state index in [-0.39, 0.29) is 4.90 Å². The summed E-state index contributed by atoms with van der Waals surface area (Å²) in [6, 6.07) is 8.27. The van der Waals surface area contributed by atoms with Crippen molar-refractivity contribution in [1.29, 1.82) is 0 Å². The number of hydrogen-bond acceptors (Lipinski definition) is 2. The molecule has 0 aliphatic heterocycles. The van der Waals surface area contributed by atoms with Crippen LogP contribution in [0.3, 0.4) is 0 Å². The van der Waals surface area contributed by atoms with Crippen molar-refractivity contribution in [2.75, 3.05) is 4.72 Å². The number of rotatable bonds is 3. The number of anilines is 1. The molecule has 0 atom stereocenters. The fraction of sp³-hybridized carbons (Fsp3) is 0.0769. The molecule has 3 nitrogen and oxygen atoms in total. The normalized spacial score (nSPS) is 11.5. The second-order valence-electron chi connectivity index (χ2n) is 4.26. The topological polar surface area (TPSA) is 46.2 Å². The molecule has 0 amide bonds. The summed E-state index contributed by atoms with van der Waals surface area (Å²) in [5.74, 6) is 0. The zero-order valence-electron chi connectivity index (χ0n) is 10.6. The first-order valence-corrected chi connectivity index (χ1v) is 9.88. The van der Waals surface area contributed by atoms with Crippen LogP contribution in [0, 0.1) is 6.92 Å². The van der Waals surface area contributed by atoms with Gasteiger partial charge in [0.05, 0.1) is 5.69 Å². The molecule has 0 aliphatic rings. The third-order valence-corrected chi connectivity index (χ3v) is 6.59. The average Bonchev–Trinajstić information content (AvgIpc) is 2.38. The molecule has 8 heteroatoms. The van der Waals surface area contributed by atoms with Crippen molar-refractivity contribution in [3.63, 3.8) is 0 Å². The van der Waals surface area contributed by atoms with Crippen LogP contribution in [0.5, 0.6) is 0 Å². The maximum absolute atomic E-state index is 12.5. The van der Waals surface area contributed by atoms with Crippen LogP contribution in [0.4, 0.5) is 5.69 Å². The molecule has 0 saturated carbocycles. The summed E-state index contributed by atoms with van der Waals surface area (Å²) >= 11 is 15.9. The summed E-state index contributed by atoms with van der Waals surface area (Å²) < 4.78 is 29.3. The molecule has 0 aliphatic carbocycles. The molecule has 0 heterocycles. The molecule has 0 fully saturated rings. The SMILES string of the molecule is Cc1cc(Br)c(NS(=O)(=O)c2cc(Br)ccc2Br)cc1Cl. The molecule has 2 aromatic carbocycles. The van der Waals surface area contributed by atoms with Crippen LogP contribution in [-0.2, 0) is 10.0 Å². The van der Waals surface area contributed by atoms with E-state index in [4.69, 9.17) is 11.6 Å². The molecule has 0 unspecified atom stereocenters. The van der Waals surface area contributed by atoms with Gasteiger partial charge in [-0.1, -0.05) is 27.5 Å². The number of sulfonamides is 1. The Morgan fingerprint density at radius 1 is 1.05 bits per heavy atom. The number of halogens is 4. The highest BCUT2D eigenvalue weighted by Crippen LogP contribution is 2.32. The van der Waals surface area contributed by atoms with Gasteiger partial charge in [0.25, 0.3) is 10.0 Å². The van der Waals surface area contributed by atoms with E-state index in [0.717, 1.165) is 5.56 Å². The molecule has 0 aromatic heterocycles. The van der Waals surface area contributed by atoms with E-state index in [2.05, 4.69) is 52.5 Å². The minimum absolute atomic E-state index is 0.139. The van der Waals surface area contributed by atoms with Gasteiger partial charge in [-0.05, 0) is 74.7 Å². The minimum atomic E-state index is -3.73. The van der Waals surface area contributed by atoms with Crippen molar-refractivity contribution in [2.24, 2.45) is 0 Å². The molecular weight excluding hydrogens is 509 g/mol. The Kier molecular flexibility index (Phi) is 5.41. The quantitative estimate of drug-likeness (QED) is 0.564. The third kappa shape index (κ3) is 4.01. The number of aryl methyl sites for hydroxylation is 1. The fourth-order valence-corrected chi connectivity index (χ4v) is 5.03. The standard InChI is InChI=1S/C13H9Br3ClNO2S/c1-7-4-10(16)12(6-11(7)17)18-21(19,20)13-5-8(14)2-3-9(13)15/h2-6,18H,1H3. The van der Waals surface area contributed by atoms with Crippen molar-refractivity contribution in [3.05, 3.63) is 54.3 Å². The van der Waals surface area contributed by atoms with Gasteiger partial charge in [-0.2, -0.15) is 0 Å². The van der Waals surface area contributed by atoms with Crippen LogP contribution < -0.4 is 4.72 Å². The first kappa shape index (κ1) is 17.3. The monoisotopic (exact) mass is 515 g/mol. The Hall–Kier alpha value is -0.0800. The van der Waals surface area contributed by atoms with Crippen molar-refractivity contribution < 1.29 is 8.42 Å². The summed E-state index contributed by atoms with van der Waals surface area (Å²) in [6.07, 6.45) is 0. The van der Waals surface area contributed by atoms with Gasteiger partial charge in [0, 0.05) is 18.4 Å². The summed E-state index contributed by atoms with van der Waals surface area (Å²) in [5.41, 5.74) is 1.24. The predicted molar refractivity (Wildman–Crippen MR) is 96.5 cm³/mol. The van der Waals surface area contributed by atoms with E-state index in [1.807, 2.05) is 6.92 Å². The summed E-state index contributed by atoms with van der Waals surface area (Å²) in [5, 5.41) is 0.490. The molecule has 0 spiro atoms. The lowest BCUT2D eigenvalue weighted by Gasteiger charge is -2.12. The van der Waals surface area contributed by atoms with E-state index >= 15 is 0 Å². The van der Waals surface area contributed by atoms with E-state index in [1.54, 1.807) is 24.3 Å². The Labute approximate surface area is 153 Å². The summed E-state index contributed by atoms with van der Waals surface area (Å²) in [4.78, 5) is 0.139. The van der Waals surface area contributed by atoms with Crippen molar-refractivity contribution >= 4 is 75.1 Å². The Morgan fingerprint density at radius 2 is 1.71 bits per heavy atom. The second-order valence-corrected chi connectivity index (χ2v) is 8.94. The zero-order valence-corrected chi connectivity index (χ0v) is 17.0. The van der Waals surface area contributed by atoms with Gasteiger partial charge >= 0.3 is 0 Å².